The first kappa shape index (κ1) is 13.1. The van der Waals surface area contributed by atoms with E-state index in [2.05, 4.69) is 17.0 Å². The third-order valence-corrected chi connectivity index (χ3v) is 3.28. The molecule has 1 atom stereocenters. The van der Waals surface area contributed by atoms with Gasteiger partial charge in [0.15, 0.2) is 0 Å². The highest BCUT2D eigenvalue weighted by molar-refractivity contribution is 5.90. The molecule has 1 fully saturated rings. The normalized spacial score (nSPS) is 23.3. The van der Waals surface area contributed by atoms with Gasteiger partial charge in [-0.1, -0.05) is 0 Å². The molecule has 0 spiro atoms. The molecule has 0 bridgehead atoms. The quantitative estimate of drug-likeness (QED) is 0.827. The summed E-state index contributed by atoms with van der Waals surface area (Å²) in [5, 5.41) is 3.40. The van der Waals surface area contributed by atoms with Crippen molar-refractivity contribution in [2.24, 2.45) is 0 Å². The number of esters is 1. The van der Waals surface area contributed by atoms with Crippen molar-refractivity contribution >= 4 is 5.97 Å². The topological polar surface area (TPSA) is 60.7 Å². The maximum atomic E-state index is 11.4. The molecule has 0 radical (unpaired) electrons. The minimum Gasteiger partial charge on any atom is -0.465 e. The number of furan rings is 1. The zero-order chi connectivity index (χ0) is 13.2. The standard InChI is InChI=1S/C13H19NO4/c1-9-11(12(15)16-3)6-10(18-9)7-14-13(2)4-5-17-8-13/h6,14H,4-5,7-8H2,1-3H3. The Kier molecular flexibility index (Phi) is 3.73. The van der Waals surface area contributed by atoms with Crippen molar-refractivity contribution in [3.05, 3.63) is 23.2 Å². The Bertz CT molecular complexity index is 432. The van der Waals surface area contributed by atoms with E-state index in [4.69, 9.17) is 9.15 Å². The van der Waals surface area contributed by atoms with Gasteiger partial charge in [0.25, 0.3) is 0 Å². The molecule has 1 aromatic rings. The smallest absolute Gasteiger partial charge is 0.341 e. The van der Waals surface area contributed by atoms with Crippen molar-refractivity contribution in [1.29, 1.82) is 0 Å². The second kappa shape index (κ2) is 5.12. The first-order chi connectivity index (χ1) is 8.54. The minimum atomic E-state index is -0.363. The highest BCUT2D eigenvalue weighted by atomic mass is 16.5. The lowest BCUT2D eigenvalue weighted by Crippen LogP contribution is -2.42. The Labute approximate surface area is 106 Å². The molecule has 2 rings (SSSR count). The average molecular weight is 253 g/mol. The number of rotatable bonds is 4. The average Bonchev–Trinajstić information content (AvgIpc) is 2.93. The highest BCUT2D eigenvalue weighted by Gasteiger charge is 2.29. The summed E-state index contributed by atoms with van der Waals surface area (Å²) in [6, 6.07) is 1.73. The number of methoxy groups -OCH3 is 1. The van der Waals surface area contributed by atoms with Gasteiger partial charge in [-0.25, -0.2) is 4.79 Å². The van der Waals surface area contributed by atoms with Gasteiger partial charge in [-0.15, -0.1) is 0 Å². The van der Waals surface area contributed by atoms with Crippen LogP contribution in [0.2, 0.25) is 0 Å². The summed E-state index contributed by atoms with van der Waals surface area (Å²) in [5.41, 5.74) is 0.480. The number of carbonyl (C=O) groups is 1. The summed E-state index contributed by atoms with van der Waals surface area (Å²) in [4.78, 5) is 11.4. The lowest BCUT2D eigenvalue weighted by atomic mass is 10.0. The van der Waals surface area contributed by atoms with E-state index in [-0.39, 0.29) is 11.5 Å². The second-order valence-corrected chi connectivity index (χ2v) is 4.89. The SMILES string of the molecule is COC(=O)c1cc(CNC2(C)CCOC2)oc1C. The highest BCUT2D eigenvalue weighted by Crippen LogP contribution is 2.20. The molecule has 5 heteroatoms. The van der Waals surface area contributed by atoms with E-state index in [9.17, 15) is 4.79 Å². The molecule has 2 heterocycles. The Balaban J connectivity index is 2.00. The first-order valence-corrected chi connectivity index (χ1v) is 6.04. The molecule has 1 aromatic heterocycles. The van der Waals surface area contributed by atoms with Gasteiger partial charge in [0.05, 0.1) is 20.3 Å². The molecule has 100 valence electrons. The van der Waals surface area contributed by atoms with Crippen LogP contribution in [0.3, 0.4) is 0 Å². The van der Waals surface area contributed by atoms with Crippen molar-refractivity contribution < 1.29 is 18.7 Å². The Morgan fingerprint density at radius 2 is 2.39 bits per heavy atom. The van der Waals surface area contributed by atoms with Gasteiger partial charge in [0.2, 0.25) is 0 Å². The number of nitrogens with one attached hydrogen (secondary N) is 1. The van der Waals surface area contributed by atoms with Crippen LogP contribution in [0.1, 0.15) is 35.2 Å². The summed E-state index contributed by atoms with van der Waals surface area (Å²) >= 11 is 0. The predicted molar refractivity (Wildman–Crippen MR) is 65.5 cm³/mol. The lowest BCUT2D eigenvalue weighted by molar-refractivity contribution is 0.0599. The van der Waals surface area contributed by atoms with Gasteiger partial charge in [-0.2, -0.15) is 0 Å². The molecule has 0 aliphatic carbocycles. The van der Waals surface area contributed by atoms with Crippen molar-refractivity contribution in [2.75, 3.05) is 20.3 Å². The maximum absolute atomic E-state index is 11.4. The number of carbonyl (C=O) groups excluding carboxylic acids is 1. The summed E-state index contributed by atoms with van der Waals surface area (Å²) in [7, 11) is 1.36. The van der Waals surface area contributed by atoms with E-state index in [0.717, 1.165) is 18.8 Å². The van der Waals surface area contributed by atoms with Crippen LogP contribution in [0.15, 0.2) is 10.5 Å². The van der Waals surface area contributed by atoms with Crippen molar-refractivity contribution in [3.8, 4) is 0 Å². The van der Waals surface area contributed by atoms with Gasteiger partial charge in [-0.3, -0.25) is 0 Å². The molecular formula is C13H19NO4. The van der Waals surface area contributed by atoms with Crippen molar-refractivity contribution in [1.82, 2.24) is 5.32 Å². The fraction of sp³-hybridized carbons (Fsp3) is 0.615. The molecule has 1 aliphatic rings. The van der Waals surface area contributed by atoms with Crippen molar-refractivity contribution in [3.63, 3.8) is 0 Å². The number of aryl methyl sites for hydroxylation is 1. The van der Waals surface area contributed by atoms with Crippen LogP contribution < -0.4 is 5.32 Å². The van der Waals surface area contributed by atoms with Crippen LogP contribution in [0.25, 0.3) is 0 Å². The Morgan fingerprint density at radius 3 is 3.00 bits per heavy atom. The maximum Gasteiger partial charge on any atom is 0.341 e. The Hall–Kier alpha value is -1.33. The Morgan fingerprint density at radius 1 is 1.61 bits per heavy atom. The van der Waals surface area contributed by atoms with Gasteiger partial charge in [-0.05, 0) is 26.3 Å². The van der Waals surface area contributed by atoms with E-state index in [1.165, 1.54) is 7.11 Å². The van der Waals surface area contributed by atoms with Gasteiger partial charge >= 0.3 is 5.97 Å². The predicted octanol–water partition coefficient (Wildman–Crippen LogP) is 1.64. The molecular weight excluding hydrogens is 234 g/mol. The molecule has 0 aromatic carbocycles. The van der Waals surface area contributed by atoms with Crippen LogP contribution >= 0.6 is 0 Å². The van der Waals surface area contributed by atoms with E-state index in [0.29, 0.717) is 24.5 Å². The molecule has 1 N–H and O–H groups in total. The molecule has 1 aliphatic heterocycles. The van der Waals surface area contributed by atoms with Crippen LogP contribution in [-0.2, 0) is 16.0 Å². The number of ether oxygens (including phenoxy) is 2. The lowest BCUT2D eigenvalue weighted by Gasteiger charge is -2.22. The van der Waals surface area contributed by atoms with Crippen LogP contribution in [0, 0.1) is 6.92 Å². The van der Waals surface area contributed by atoms with E-state index in [1.54, 1.807) is 13.0 Å². The van der Waals surface area contributed by atoms with E-state index < -0.39 is 0 Å². The fourth-order valence-corrected chi connectivity index (χ4v) is 2.05. The molecule has 5 nitrogen and oxygen atoms in total. The van der Waals surface area contributed by atoms with Crippen LogP contribution in [0.4, 0.5) is 0 Å². The van der Waals surface area contributed by atoms with Crippen molar-refractivity contribution in [2.45, 2.75) is 32.4 Å². The van der Waals surface area contributed by atoms with Crippen LogP contribution in [-0.4, -0.2) is 31.8 Å². The summed E-state index contributed by atoms with van der Waals surface area (Å²) in [6.07, 6.45) is 0.983. The molecule has 0 amide bonds. The first-order valence-electron chi connectivity index (χ1n) is 6.04. The zero-order valence-corrected chi connectivity index (χ0v) is 11.0. The fourth-order valence-electron chi connectivity index (χ4n) is 2.05. The third-order valence-electron chi connectivity index (χ3n) is 3.28. The van der Waals surface area contributed by atoms with Crippen LogP contribution in [0.5, 0.6) is 0 Å². The third kappa shape index (κ3) is 2.73. The molecule has 1 unspecified atom stereocenters. The number of hydrogen-bond acceptors (Lipinski definition) is 5. The summed E-state index contributed by atoms with van der Waals surface area (Å²) < 4.78 is 15.6. The molecule has 1 saturated heterocycles. The largest absolute Gasteiger partial charge is 0.465 e. The summed E-state index contributed by atoms with van der Waals surface area (Å²) in [6.45, 7) is 5.95. The minimum absolute atomic E-state index is 0.00781. The summed E-state index contributed by atoms with van der Waals surface area (Å²) in [5.74, 6) is 0.963. The van der Waals surface area contributed by atoms with Gasteiger partial charge < -0.3 is 19.2 Å². The number of hydrogen-bond donors (Lipinski definition) is 1. The van der Waals surface area contributed by atoms with Gasteiger partial charge in [0, 0.05) is 12.1 Å². The monoisotopic (exact) mass is 253 g/mol. The molecule has 18 heavy (non-hydrogen) atoms. The van der Waals surface area contributed by atoms with E-state index in [1.807, 2.05) is 0 Å². The van der Waals surface area contributed by atoms with E-state index >= 15 is 0 Å². The second-order valence-electron chi connectivity index (χ2n) is 4.89. The molecule has 0 saturated carbocycles. The zero-order valence-electron chi connectivity index (χ0n) is 11.0. The van der Waals surface area contributed by atoms with Gasteiger partial charge in [0.1, 0.15) is 17.1 Å².